The molecule has 2 N–H and O–H groups in total. The Morgan fingerprint density at radius 3 is 2.96 bits per heavy atom. The molecule has 1 aromatic carbocycles. The highest BCUT2D eigenvalue weighted by atomic mass is 35.5. The number of carbonyl (C=O) groups excluding carboxylic acids is 1. The lowest BCUT2D eigenvalue weighted by atomic mass is 10.1. The first kappa shape index (κ1) is 16.1. The molecule has 1 saturated carbocycles. The third-order valence-electron chi connectivity index (χ3n) is 3.77. The van der Waals surface area contributed by atoms with E-state index in [4.69, 9.17) is 23.2 Å². The predicted molar refractivity (Wildman–Crippen MR) is 88.7 cm³/mol. The summed E-state index contributed by atoms with van der Waals surface area (Å²) in [6.07, 6.45) is 2.53. The maximum Gasteiger partial charge on any atom is 0.315 e. The lowest BCUT2D eigenvalue weighted by Crippen LogP contribution is -2.37. The number of nitrogens with one attached hydrogen (secondary N) is 2. The molecule has 0 spiro atoms. The third-order valence-corrected chi connectivity index (χ3v) is 4.33. The minimum absolute atomic E-state index is 0.0972. The van der Waals surface area contributed by atoms with E-state index in [0.717, 1.165) is 17.7 Å². The topological polar surface area (TPSA) is 71.8 Å². The minimum Gasteiger partial charge on any atom is -0.335 e. The van der Waals surface area contributed by atoms with Gasteiger partial charge in [-0.15, -0.1) is 0 Å². The fraction of sp³-hybridized carbons (Fsp3) is 0.400. The van der Waals surface area contributed by atoms with Gasteiger partial charge in [-0.1, -0.05) is 29.3 Å². The molecule has 2 atom stereocenters. The zero-order valence-electron chi connectivity index (χ0n) is 12.6. The van der Waals surface area contributed by atoms with E-state index in [9.17, 15) is 4.79 Å². The van der Waals surface area contributed by atoms with Gasteiger partial charge in [0.2, 0.25) is 0 Å². The normalized spacial score (nSPS) is 19.4. The second kappa shape index (κ2) is 6.76. The van der Waals surface area contributed by atoms with Crippen LogP contribution in [0.25, 0.3) is 0 Å². The third kappa shape index (κ3) is 3.95. The molecule has 1 aliphatic carbocycles. The van der Waals surface area contributed by atoms with E-state index in [1.807, 2.05) is 19.1 Å². The van der Waals surface area contributed by atoms with Crippen LogP contribution in [0.5, 0.6) is 0 Å². The number of hydrogen-bond acceptors (Lipinski definition) is 3. The molecule has 6 nitrogen and oxygen atoms in total. The Labute approximate surface area is 144 Å². The molecule has 2 aromatic rings. The van der Waals surface area contributed by atoms with E-state index in [2.05, 4.69) is 20.8 Å². The van der Waals surface area contributed by atoms with Gasteiger partial charge in [0.25, 0.3) is 0 Å². The summed E-state index contributed by atoms with van der Waals surface area (Å²) >= 11 is 12.1. The van der Waals surface area contributed by atoms with Gasteiger partial charge in [-0.25, -0.2) is 4.79 Å². The van der Waals surface area contributed by atoms with E-state index in [1.165, 1.54) is 0 Å². The molecule has 1 fully saturated rings. The van der Waals surface area contributed by atoms with Crippen LogP contribution in [0.1, 0.15) is 30.5 Å². The Morgan fingerprint density at radius 2 is 2.26 bits per heavy atom. The number of carbonyl (C=O) groups is 1. The van der Waals surface area contributed by atoms with Crippen molar-refractivity contribution in [3.05, 3.63) is 45.7 Å². The second-order valence-corrected chi connectivity index (χ2v) is 6.31. The summed E-state index contributed by atoms with van der Waals surface area (Å²) < 4.78 is 0. The lowest BCUT2D eigenvalue weighted by molar-refractivity contribution is 0.239. The largest absolute Gasteiger partial charge is 0.335 e. The summed E-state index contributed by atoms with van der Waals surface area (Å²) in [5.41, 5.74) is 1.75. The van der Waals surface area contributed by atoms with Gasteiger partial charge in [0.05, 0.1) is 19.3 Å². The molecule has 8 heteroatoms. The van der Waals surface area contributed by atoms with Crippen molar-refractivity contribution in [1.29, 1.82) is 0 Å². The Morgan fingerprint density at radius 1 is 1.43 bits per heavy atom. The van der Waals surface area contributed by atoms with Crippen molar-refractivity contribution >= 4 is 29.2 Å². The summed E-state index contributed by atoms with van der Waals surface area (Å²) in [5, 5.41) is 15.3. The zero-order chi connectivity index (χ0) is 16.4. The average Bonchev–Trinajstić information content (AvgIpc) is 3.10. The van der Waals surface area contributed by atoms with Crippen LogP contribution in [0.2, 0.25) is 10.0 Å². The van der Waals surface area contributed by atoms with E-state index in [-0.39, 0.29) is 18.0 Å². The molecule has 0 radical (unpaired) electrons. The molecule has 3 rings (SSSR count). The molecule has 1 heterocycles. The predicted octanol–water partition coefficient (Wildman–Crippen LogP) is 2.96. The highest BCUT2D eigenvalue weighted by molar-refractivity contribution is 6.35. The second-order valence-electron chi connectivity index (χ2n) is 5.47. The summed E-state index contributed by atoms with van der Waals surface area (Å²) in [4.78, 5) is 13.5. The molecule has 0 aliphatic heterocycles. The van der Waals surface area contributed by atoms with Crippen molar-refractivity contribution in [2.24, 2.45) is 0 Å². The highest BCUT2D eigenvalue weighted by Gasteiger charge is 2.40. The van der Waals surface area contributed by atoms with Crippen LogP contribution in [0.3, 0.4) is 0 Å². The molecular weight excluding hydrogens is 337 g/mol. The first-order valence-corrected chi connectivity index (χ1v) is 8.20. The van der Waals surface area contributed by atoms with Crippen molar-refractivity contribution in [3.63, 3.8) is 0 Å². The van der Waals surface area contributed by atoms with Gasteiger partial charge >= 0.3 is 6.03 Å². The van der Waals surface area contributed by atoms with Crippen LogP contribution < -0.4 is 10.6 Å². The number of urea groups is 1. The Bertz CT molecular complexity index is 718. The number of aryl methyl sites for hydroxylation is 1. The number of halogens is 2. The number of hydrogen-bond donors (Lipinski definition) is 2. The zero-order valence-corrected chi connectivity index (χ0v) is 14.1. The van der Waals surface area contributed by atoms with E-state index in [1.54, 1.807) is 17.1 Å². The maximum absolute atomic E-state index is 11.9. The van der Waals surface area contributed by atoms with Gasteiger partial charge in [-0.2, -0.15) is 15.0 Å². The van der Waals surface area contributed by atoms with Crippen molar-refractivity contribution in [3.8, 4) is 0 Å². The first-order valence-electron chi connectivity index (χ1n) is 7.45. The summed E-state index contributed by atoms with van der Waals surface area (Å²) in [6, 6.07) is 5.34. The number of aromatic nitrogens is 3. The molecule has 0 saturated heterocycles. The molecule has 23 heavy (non-hydrogen) atoms. The van der Waals surface area contributed by atoms with Crippen molar-refractivity contribution < 1.29 is 4.79 Å². The molecule has 1 aromatic heterocycles. The Balaban J connectivity index is 1.48. The van der Waals surface area contributed by atoms with Gasteiger partial charge in [-0.3, -0.25) is 0 Å². The number of benzene rings is 1. The highest BCUT2D eigenvalue weighted by Crippen LogP contribution is 2.44. The number of amides is 2. The summed E-state index contributed by atoms with van der Waals surface area (Å²) in [5.74, 6) is 0.242. The van der Waals surface area contributed by atoms with Crippen molar-refractivity contribution in [2.45, 2.75) is 38.4 Å². The molecule has 122 valence electrons. The number of nitrogens with zero attached hydrogens (tertiary/aromatic N) is 3. The smallest absolute Gasteiger partial charge is 0.315 e. The molecule has 0 bridgehead atoms. The fourth-order valence-corrected chi connectivity index (χ4v) is 3.01. The molecule has 1 aliphatic rings. The first-order chi connectivity index (χ1) is 11.1. The van der Waals surface area contributed by atoms with Crippen LogP contribution in [-0.4, -0.2) is 27.1 Å². The van der Waals surface area contributed by atoms with Gasteiger partial charge in [0.15, 0.2) is 0 Å². The van der Waals surface area contributed by atoms with Crippen LogP contribution in [0, 0.1) is 0 Å². The summed E-state index contributed by atoms with van der Waals surface area (Å²) in [7, 11) is 0. The fourth-order valence-electron chi connectivity index (χ4n) is 2.46. The Hall–Kier alpha value is -1.79. The van der Waals surface area contributed by atoms with E-state index in [0.29, 0.717) is 23.1 Å². The van der Waals surface area contributed by atoms with Gasteiger partial charge in [0, 0.05) is 22.0 Å². The number of rotatable bonds is 5. The maximum atomic E-state index is 11.9. The summed E-state index contributed by atoms with van der Waals surface area (Å²) in [6.45, 7) is 3.02. The lowest BCUT2D eigenvalue weighted by Gasteiger charge is -2.07. The van der Waals surface area contributed by atoms with Gasteiger partial charge < -0.3 is 10.6 Å². The SMILES string of the molecule is CCn1ncc(CNC(=O)N[C@@H]2C[C@H]2c2ccc(Cl)cc2Cl)n1. The minimum atomic E-state index is -0.214. The standard InChI is InChI=1S/C15H17Cl2N5O/c1-2-22-19-8-10(21-22)7-18-15(23)20-14-6-12(14)11-4-3-9(16)5-13(11)17/h3-5,8,12,14H,2,6-7H2,1H3,(H2,18,20,23)/t12-,14+/m0/s1. The average molecular weight is 354 g/mol. The quantitative estimate of drug-likeness (QED) is 0.867. The van der Waals surface area contributed by atoms with Gasteiger partial charge in [0.1, 0.15) is 5.69 Å². The molecule has 2 amide bonds. The van der Waals surface area contributed by atoms with Gasteiger partial charge in [-0.05, 0) is 31.0 Å². The van der Waals surface area contributed by atoms with E-state index >= 15 is 0 Å². The van der Waals surface area contributed by atoms with E-state index < -0.39 is 0 Å². The van der Waals surface area contributed by atoms with Crippen LogP contribution in [-0.2, 0) is 13.1 Å². The van der Waals surface area contributed by atoms with Crippen LogP contribution in [0.4, 0.5) is 4.79 Å². The molecule has 0 unspecified atom stereocenters. The Kier molecular flexibility index (Phi) is 4.73. The van der Waals surface area contributed by atoms with Crippen molar-refractivity contribution in [1.82, 2.24) is 25.6 Å². The monoisotopic (exact) mass is 353 g/mol. The van der Waals surface area contributed by atoms with Crippen LogP contribution >= 0.6 is 23.2 Å². The van der Waals surface area contributed by atoms with Crippen molar-refractivity contribution in [2.75, 3.05) is 0 Å². The van der Waals surface area contributed by atoms with Crippen LogP contribution in [0.15, 0.2) is 24.4 Å². The molecular formula is C15H17Cl2N5O.